The second-order valence-corrected chi connectivity index (χ2v) is 23.3. The van der Waals surface area contributed by atoms with Gasteiger partial charge >= 0.3 is 12.4 Å². The lowest BCUT2D eigenvalue weighted by Crippen LogP contribution is -2.40. The number of hydrogen-bond donors (Lipinski definition) is 0. The van der Waals surface area contributed by atoms with Crippen LogP contribution in [0.25, 0.3) is 22.3 Å². The van der Waals surface area contributed by atoms with E-state index in [1.807, 2.05) is 0 Å². The molecule has 0 aliphatic heterocycles. The van der Waals surface area contributed by atoms with Gasteiger partial charge in [-0.15, -0.1) is 0 Å². The van der Waals surface area contributed by atoms with E-state index in [1.54, 1.807) is 0 Å². The lowest BCUT2D eigenvalue weighted by Gasteiger charge is -2.28. The van der Waals surface area contributed by atoms with Gasteiger partial charge in [-0.05, 0) is 170 Å². The molecule has 10 rings (SSSR count). The second kappa shape index (κ2) is 32.9. The van der Waals surface area contributed by atoms with Gasteiger partial charge < -0.3 is 28.7 Å². The third-order valence-corrected chi connectivity index (χ3v) is 16.9. The van der Waals surface area contributed by atoms with E-state index in [2.05, 4.69) is 9.97 Å². The summed E-state index contributed by atoms with van der Waals surface area (Å²) in [6.07, 6.45) is -15.5. The molecule has 2 aliphatic carbocycles. The van der Waals surface area contributed by atoms with Crippen LogP contribution in [0.3, 0.4) is 0 Å². The Morgan fingerprint density at radius 3 is 1.53 bits per heavy atom. The molecule has 0 radical (unpaired) electrons. The van der Waals surface area contributed by atoms with E-state index in [0.717, 1.165) is 64.2 Å². The molecule has 0 saturated carbocycles. The Hall–Kier alpha value is -7.92. The lowest BCUT2D eigenvalue weighted by atomic mass is 9.98. The highest BCUT2D eigenvalue weighted by atomic mass is 32.2. The highest BCUT2D eigenvalue weighted by molar-refractivity contribution is 7.98. The molecule has 0 saturated heterocycles. The first-order chi connectivity index (χ1) is 55.3. The van der Waals surface area contributed by atoms with Gasteiger partial charge in [-0.25, -0.2) is 8.78 Å². The van der Waals surface area contributed by atoms with E-state index >= 15 is 0 Å². The Morgan fingerprint density at radius 2 is 1.03 bits per heavy atom. The number of alkyl halides is 6. The maximum Gasteiger partial charge on any atom is 0.416 e. The van der Waals surface area contributed by atoms with E-state index in [9.17, 15) is 65.3 Å². The topological polar surface area (TPSA) is 117 Å². The molecule has 8 aromatic rings. The Balaban J connectivity index is 0.000000273. The first-order valence-electron chi connectivity index (χ1n) is 42.0. The summed E-state index contributed by atoms with van der Waals surface area (Å²) in [4.78, 5) is 67.2. The van der Waals surface area contributed by atoms with Crippen molar-refractivity contribution in [3.05, 3.63) is 233 Å². The largest absolute Gasteiger partial charge is 0.416 e. The Bertz CT molecular complexity index is 5300. The molecule has 0 N–H and O–H groups in total. The SMILES string of the molecule is [2H]C([2H])(C(=O)N(Cc1ccc(-c2ccc(C(F)(F)F)cc2)cc1)C([2H])([2H])C([2H])([2H])N(CC)CC)n1c(SCc2ccc(F)cc2)nc(=O)c2c1C([2H])([2H])C([2H])(C)C2([2H])[2H].[2H]c1c([2H])c(-c2c([2H])c([2H])c(C(F)(F)F)c([2H])c2[2H])c([2H])c(C)c1CN(C(=O)C([2H])([2H])n1c(SCc2ccc(F)cc2)nc(=O)c2c1CCC2)C([2H])([2H])C([2H])([2H])N(CC)CC. The predicted octanol–water partition coefficient (Wildman–Crippen LogP) is 15.0. The number of rotatable bonds is 26. The molecule has 12 nitrogen and oxygen atoms in total. The van der Waals surface area contributed by atoms with Gasteiger partial charge in [0.2, 0.25) is 11.8 Å². The molecule has 2 aromatic heterocycles. The highest BCUT2D eigenvalue weighted by Crippen LogP contribution is 2.35. The first-order valence-corrected chi connectivity index (χ1v) is 32.0. The molecule has 0 bridgehead atoms. The fourth-order valence-electron chi connectivity index (χ4n) is 9.57. The summed E-state index contributed by atoms with van der Waals surface area (Å²) in [5, 5.41) is -0.970. The van der Waals surface area contributed by atoms with Crippen LogP contribution in [0.2, 0.25) is 0 Å². The van der Waals surface area contributed by atoms with Crippen LogP contribution in [0, 0.1) is 24.5 Å². The molecule has 508 valence electrons. The summed E-state index contributed by atoms with van der Waals surface area (Å²) >= 11 is 1.43. The summed E-state index contributed by atoms with van der Waals surface area (Å²) < 4.78 is 323. The average Bonchev–Trinajstić information content (AvgIpc) is 1.51. The van der Waals surface area contributed by atoms with E-state index in [-0.39, 0.29) is 87.9 Å². The zero-order chi connectivity index (χ0) is 90.2. The number of hydrogen-bond acceptors (Lipinski definition) is 10. The second-order valence-electron chi connectivity index (χ2n) is 21.4. The Labute approximate surface area is 597 Å². The number of thioether (sulfide) groups is 2. The molecule has 6 aromatic carbocycles. The van der Waals surface area contributed by atoms with Gasteiger partial charge in [-0.1, -0.05) is 149 Å². The third kappa shape index (κ3) is 19.0. The minimum Gasteiger partial charge on any atom is -0.336 e. The number of carbonyl (C=O) groups excluding carboxylic acids is 2. The monoisotopic (exact) mass is 1380 g/mol. The minimum atomic E-state index is -5.31. The zero-order valence-electron chi connectivity index (χ0n) is 76.6. The van der Waals surface area contributed by atoms with Crippen LogP contribution in [0.5, 0.6) is 0 Å². The highest BCUT2D eigenvalue weighted by Gasteiger charge is 2.33. The van der Waals surface area contributed by atoms with Gasteiger partial charge in [-0.2, -0.15) is 36.3 Å². The van der Waals surface area contributed by atoms with Crippen LogP contribution in [-0.4, -0.2) is 103 Å². The van der Waals surface area contributed by atoms with Crippen molar-refractivity contribution in [2.45, 2.75) is 134 Å². The number of likely N-dealkylation sites (N-methyl/N-ethyl adjacent to an activating group) is 2. The van der Waals surface area contributed by atoms with Crippen molar-refractivity contribution < 1.29 is 77.6 Å². The van der Waals surface area contributed by atoms with Crippen molar-refractivity contribution in [1.82, 2.24) is 38.7 Å². The lowest BCUT2D eigenvalue weighted by molar-refractivity contribution is -0.138. The maximum absolute atomic E-state index is 15.0. The van der Waals surface area contributed by atoms with E-state index in [0.29, 0.717) is 45.0 Å². The summed E-state index contributed by atoms with van der Waals surface area (Å²) in [5.41, 5.74) is -7.35. The van der Waals surface area contributed by atoms with Crippen molar-refractivity contribution >= 4 is 35.3 Å². The minimum absolute atomic E-state index is 0.0134. The fraction of sp³-hybridized carbons (Fsp3) is 0.378. The molecule has 96 heavy (non-hydrogen) atoms. The molecular formula is C74H80F8N8O4S2. The van der Waals surface area contributed by atoms with Crippen molar-refractivity contribution in [2.75, 3.05) is 52.2 Å². The summed E-state index contributed by atoms with van der Waals surface area (Å²) in [5.74, 6) is -7.57. The third-order valence-electron chi connectivity index (χ3n) is 14.9. The van der Waals surface area contributed by atoms with E-state index in [1.165, 1.54) is 100 Å². The summed E-state index contributed by atoms with van der Waals surface area (Å²) in [6, 6.07) is 11.9. The molecule has 2 amide bonds. The van der Waals surface area contributed by atoms with Crippen molar-refractivity contribution in [2.24, 2.45) is 5.89 Å². The summed E-state index contributed by atoms with van der Waals surface area (Å²) in [6.45, 7) is -14.2. The molecule has 0 spiro atoms. The number of amides is 2. The van der Waals surface area contributed by atoms with Crippen LogP contribution in [-0.2, 0) is 85.1 Å². The smallest absolute Gasteiger partial charge is 0.336 e. The van der Waals surface area contributed by atoms with Crippen molar-refractivity contribution in [3.8, 4) is 22.3 Å². The maximum atomic E-state index is 15.0. The number of aromatic nitrogens is 4. The predicted molar refractivity (Wildman–Crippen MR) is 362 cm³/mol. The van der Waals surface area contributed by atoms with Gasteiger partial charge in [0.1, 0.15) is 24.6 Å². The van der Waals surface area contributed by atoms with Gasteiger partial charge in [-0.3, -0.25) is 19.2 Å². The molecule has 1 atom stereocenters. The van der Waals surface area contributed by atoms with Crippen LogP contribution in [0.1, 0.15) is 135 Å². The van der Waals surface area contributed by atoms with Gasteiger partial charge in [0.05, 0.1) is 31.7 Å². The number of carbonyl (C=O) groups is 2. The fourth-order valence-corrected chi connectivity index (χ4v) is 11.4. The van der Waals surface area contributed by atoms with Gasteiger partial charge in [0.25, 0.3) is 11.1 Å². The first kappa shape index (κ1) is 46.3. The number of halogens is 8. The quantitative estimate of drug-likeness (QED) is 0.0295. The normalized spacial score (nSPS) is 20.0. The van der Waals surface area contributed by atoms with Crippen molar-refractivity contribution in [3.63, 3.8) is 0 Å². The van der Waals surface area contributed by atoms with Crippen LogP contribution in [0.15, 0.2) is 159 Å². The standard InChI is InChI=1S/2C37H40F4N4O2S/c1-4-43(5-2)18-19-44(22-26-6-10-28(11-7-26)29-12-14-30(15-13-29)37(39,40)41)34(46)23-45-33-21-25(3)20-32(33)35(47)42-36(45)48-24-27-8-16-31(38)17-9-27;1-4-43(5-2)19-20-44(22-29-12-11-28(21-25(29)3)27-13-15-30(16-14-27)37(39,40)41)34(46)23-45-33-8-6-7-32(33)35(47)42-36(45)48-24-26-9-17-31(38)18-10-26/h6-17,25H,4-5,18-24H2,1-3H3;9-18,21H,4-8,19-20,22-24H2,1-3H3/i18D2,19D2,20D2,21D2,23D2,25D;11D,12D,13D,14D,15D,16D,19D2,20D2,21D,23D2. The number of fused-ring (bicyclic) bond motifs is 2. The van der Waals surface area contributed by atoms with Crippen LogP contribution >= 0.6 is 23.5 Å². The van der Waals surface area contributed by atoms with Gasteiger partial charge in [0.15, 0.2) is 10.3 Å². The molecule has 0 fully saturated rings. The zero-order valence-corrected chi connectivity index (χ0v) is 54.2. The van der Waals surface area contributed by atoms with Crippen LogP contribution in [0.4, 0.5) is 35.1 Å². The van der Waals surface area contributed by atoms with Crippen molar-refractivity contribution in [1.29, 1.82) is 0 Å². The number of benzene rings is 6. The molecule has 1 unspecified atom stereocenters. The summed E-state index contributed by atoms with van der Waals surface area (Å²) in [7, 11) is 0. The Morgan fingerprint density at radius 1 is 0.573 bits per heavy atom. The molecule has 22 heteroatoms. The number of nitrogens with zero attached hydrogens (tertiary/aromatic N) is 8. The average molecular weight is 1390 g/mol. The Kier molecular flexibility index (Phi) is 15.9. The molecule has 2 aliphatic rings. The van der Waals surface area contributed by atoms with E-state index < -0.39 is 204 Å². The van der Waals surface area contributed by atoms with Gasteiger partial charge in [0, 0.05) is 85.4 Å². The molecule has 2 heterocycles. The van der Waals surface area contributed by atoms with Crippen LogP contribution < -0.4 is 11.1 Å². The molecular weight excluding hydrogens is 1280 g/mol. The van der Waals surface area contributed by atoms with E-state index in [4.69, 9.17) is 21.9 Å².